The fraction of sp³-hybridized carbons (Fsp3) is 0.385. The Morgan fingerprint density at radius 2 is 1.88 bits per heavy atom. The molecule has 82 valence electrons. The molecule has 16 heavy (non-hydrogen) atoms. The number of hydrogen-bond acceptors (Lipinski definition) is 1. The third kappa shape index (κ3) is 2.88. The fourth-order valence-corrected chi connectivity index (χ4v) is 2.09. The van der Waals surface area contributed by atoms with Crippen LogP contribution in [-0.4, -0.2) is 6.04 Å². The largest absolute Gasteiger partial charge is 0.0906 e. The Morgan fingerprint density at radius 3 is 2.50 bits per heavy atom. The monoisotopic (exact) mass is 213 g/mol. The molecule has 0 aromatic heterocycles. The standard InChI is InChI=1S/C13H15N3/c14-16-15-13-8-6-12(7-9-13)10-11-4-2-1-3-5-11/h1-5,10,13H,6-9H2. The van der Waals surface area contributed by atoms with E-state index >= 15 is 0 Å². The Bertz CT molecular complexity index is 406. The van der Waals surface area contributed by atoms with Crippen molar-refractivity contribution in [1.82, 2.24) is 0 Å². The van der Waals surface area contributed by atoms with E-state index in [1.54, 1.807) is 0 Å². The zero-order valence-corrected chi connectivity index (χ0v) is 9.21. The van der Waals surface area contributed by atoms with E-state index in [9.17, 15) is 0 Å². The van der Waals surface area contributed by atoms with Gasteiger partial charge in [-0.15, -0.1) is 0 Å². The van der Waals surface area contributed by atoms with Crippen LogP contribution >= 0.6 is 0 Å². The SMILES string of the molecule is [N-]=[N+]=NC1CCC(=Cc2ccccc2)CC1. The maximum atomic E-state index is 8.36. The van der Waals surface area contributed by atoms with Crippen LogP contribution in [0.2, 0.25) is 0 Å². The first-order valence-corrected chi connectivity index (χ1v) is 5.67. The quantitative estimate of drug-likeness (QED) is 0.399. The molecule has 1 saturated carbocycles. The molecule has 0 amide bonds. The summed E-state index contributed by atoms with van der Waals surface area (Å²) < 4.78 is 0. The zero-order chi connectivity index (χ0) is 11.2. The molecule has 0 aliphatic heterocycles. The number of nitrogens with zero attached hydrogens (tertiary/aromatic N) is 3. The third-order valence-electron chi connectivity index (χ3n) is 2.98. The van der Waals surface area contributed by atoms with Crippen LogP contribution in [0, 0.1) is 0 Å². The van der Waals surface area contributed by atoms with Crippen molar-refractivity contribution in [2.45, 2.75) is 31.7 Å². The van der Waals surface area contributed by atoms with Crippen LogP contribution in [0.15, 0.2) is 41.0 Å². The van der Waals surface area contributed by atoms with E-state index in [1.807, 2.05) is 6.07 Å². The summed E-state index contributed by atoms with van der Waals surface area (Å²) >= 11 is 0. The highest BCUT2D eigenvalue weighted by Gasteiger charge is 2.14. The Labute approximate surface area is 95.4 Å². The number of benzene rings is 1. The molecule has 0 unspecified atom stereocenters. The molecule has 0 spiro atoms. The molecule has 0 saturated heterocycles. The van der Waals surface area contributed by atoms with Gasteiger partial charge in [0.25, 0.3) is 0 Å². The molecular weight excluding hydrogens is 198 g/mol. The van der Waals surface area contributed by atoms with Gasteiger partial charge in [-0.25, -0.2) is 0 Å². The predicted molar refractivity (Wildman–Crippen MR) is 65.8 cm³/mol. The summed E-state index contributed by atoms with van der Waals surface area (Å²) in [6.45, 7) is 0. The predicted octanol–water partition coefficient (Wildman–Crippen LogP) is 4.32. The van der Waals surface area contributed by atoms with E-state index in [-0.39, 0.29) is 6.04 Å². The lowest BCUT2D eigenvalue weighted by molar-refractivity contribution is 0.512. The highest BCUT2D eigenvalue weighted by molar-refractivity contribution is 5.52. The number of rotatable bonds is 2. The number of azide groups is 1. The molecule has 3 nitrogen and oxygen atoms in total. The van der Waals surface area contributed by atoms with Crippen molar-refractivity contribution in [3.05, 3.63) is 51.9 Å². The number of allylic oxidation sites excluding steroid dienone is 1. The maximum Gasteiger partial charge on any atom is 0.0380 e. The minimum absolute atomic E-state index is 0.206. The van der Waals surface area contributed by atoms with Gasteiger partial charge in [-0.05, 0) is 36.8 Å². The molecule has 3 heteroatoms. The van der Waals surface area contributed by atoms with Crippen LogP contribution in [0.4, 0.5) is 0 Å². The summed E-state index contributed by atoms with van der Waals surface area (Å²) in [6.07, 6.45) is 6.34. The highest BCUT2D eigenvalue weighted by atomic mass is 15.1. The summed E-state index contributed by atoms with van der Waals surface area (Å²) in [5.41, 5.74) is 11.1. The molecule has 1 aliphatic rings. The molecule has 0 bridgehead atoms. The second kappa shape index (κ2) is 5.38. The summed E-state index contributed by atoms with van der Waals surface area (Å²) in [7, 11) is 0. The highest BCUT2D eigenvalue weighted by Crippen LogP contribution is 2.27. The second-order valence-electron chi connectivity index (χ2n) is 4.15. The molecule has 1 aromatic carbocycles. The van der Waals surface area contributed by atoms with Crippen molar-refractivity contribution in [2.24, 2.45) is 5.11 Å². The first-order chi connectivity index (χ1) is 7.88. The zero-order valence-electron chi connectivity index (χ0n) is 9.21. The van der Waals surface area contributed by atoms with Gasteiger partial charge in [-0.3, -0.25) is 0 Å². The van der Waals surface area contributed by atoms with E-state index in [4.69, 9.17) is 5.53 Å². The Hall–Kier alpha value is -1.73. The van der Waals surface area contributed by atoms with Crippen LogP contribution in [0.1, 0.15) is 31.2 Å². The average Bonchev–Trinajstić information content (AvgIpc) is 2.33. The summed E-state index contributed by atoms with van der Waals surface area (Å²) in [5.74, 6) is 0. The van der Waals surface area contributed by atoms with Gasteiger partial charge in [0.05, 0.1) is 0 Å². The summed E-state index contributed by atoms with van der Waals surface area (Å²) in [5, 5.41) is 3.78. The van der Waals surface area contributed by atoms with Crippen LogP contribution in [0.25, 0.3) is 16.5 Å². The first kappa shape index (κ1) is 10.8. The van der Waals surface area contributed by atoms with Crippen molar-refractivity contribution < 1.29 is 0 Å². The average molecular weight is 213 g/mol. The van der Waals surface area contributed by atoms with E-state index in [2.05, 4.69) is 40.4 Å². The molecule has 0 radical (unpaired) electrons. The molecule has 0 atom stereocenters. The molecule has 1 aliphatic carbocycles. The normalized spacial score (nSPS) is 20.0. The molecule has 1 aromatic rings. The van der Waals surface area contributed by atoms with Gasteiger partial charge in [-0.1, -0.05) is 47.1 Å². The Balaban J connectivity index is 1.99. The van der Waals surface area contributed by atoms with Gasteiger partial charge < -0.3 is 0 Å². The van der Waals surface area contributed by atoms with E-state index in [1.165, 1.54) is 11.1 Å². The lowest BCUT2D eigenvalue weighted by atomic mass is 9.90. The van der Waals surface area contributed by atoms with Gasteiger partial charge in [-0.2, -0.15) is 0 Å². The molecule has 1 fully saturated rings. The maximum absolute atomic E-state index is 8.36. The van der Waals surface area contributed by atoms with Crippen LogP contribution in [0.5, 0.6) is 0 Å². The van der Waals surface area contributed by atoms with Crippen LogP contribution in [0.3, 0.4) is 0 Å². The minimum atomic E-state index is 0.206. The van der Waals surface area contributed by atoms with Crippen molar-refractivity contribution in [3.63, 3.8) is 0 Å². The first-order valence-electron chi connectivity index (χ1n) is 5.67. The van der Waals surface area contributed by atoms with E-state index in [0.717, 1.165) is 25.7 Å². The van der Waals surface area contributed by atoms with E-state index < -0.39 is 0 Å². The molecule has 0 heterocycles. The van der Waals surface area contributed by atoms with Gasteiger partial charge in [0.1, 0.15) is 0 Å². The molecular formula is C13H15N3. The third-order valence-corrected chi connectivity index (χ3v) is 2.98. The Morgan fingerprint density at radius 1 is 1.19 bits per heavy atom. The van der Waals surface area contributed by atoms with Crippen LogP contribution in [-0.2, 0) is 0 Å². The second-order valence-corrected chi connectivity index (χ2v) is 4.15. The Kier molecular flexibility index (Phi) is 3.62. The fourth-order valence-electron chi connectivity index (χ4n) is 2.09. The van der Waals surface area contributed by atoms with E-state index in [0.29, 0.717) is 0 Å². The number of hydrogen-bond donors (Lipinski definition) is 0. The van der Waals surface area contributed by atoms with Gasteiger partial charge in [0.2, 0.25) is 0 Å². The van der Waals surface area contributed by atoms with Gasteiger partial charge >= 0.3 is 0 Å². The van der Waals surface area contributed by atoms with Crippen LogP contribution < -0.4 is 0 Å². The molecule has 0 N–H and O–H groups in total. The molecule has 2 rings (SSSR count). The lowest BCUT2D eigenvalue weighted by Crippen LogP contribution is -2.10. The van der Waals surface area contributed by atoms with Crippen molar-refractivity contribution >= 4 is 6.08 Å². The summed E-state index contributed by atoms with van der Waals surface area (Å²) in [4.78, 5) is 2.87. The van der Waals surface area contributed by atoms with Crippen molar-refractivity contribution in [3.8, 4) is 0 Å². The van der Waals surface area contributed by atoms with Crippen molar-refractivity contribution in [1.29, 1.82) is 0 Å². The minimum Gasteiger partial charge on any atom is -0.0906 e. The van der Waals surface area contributed by atoms with Crippen molar-refractivity contribution in [2.75, 3.05) is 0 Å². The topological polar surface area (TPSA) is 48.8 Å². The smallest absolute Gasteiger partial charge is 0.0380 e. The van der Waals surface area contributed by atoms with Gasteiger partial charge in [0.15, 0.2) is 0 Å². The summed E-state index contributed by atoms with van der Waals surface area (Å²) in [6, 6.07) is 10.6. The lowest BCUT2D eigenvalue weighted by Gasteiger charge is -2.19. The van der Waals surface area contributed by atoms with Gasteiger partial charge in [0, 0.05) is 11.0 Å².